The Bertz CT molecular complexity index is 620. The molecule has 3 rings (SSSR count). The molecule has 0 spiro atoms. The molecular formula is C15H18F3N3OS. The van der Waals surface area contributed by atoms with Crippen LogP contribution in [0.15, 0.2) is 24.3 Å². The number of fused-ring (bicyclic) bond motifs is 1. The number of rotatable bonds is 4. The van der Waals surface area contributed by atoms with Crippen molar-refractivity contribution in [2.45, 2.75) is 18.8 Å². The Balaban J connectivity index is 1.51. The standard InChI is InChI=1S/C15H18F3N3OS/c16-15(17,18)13(22)9-20-5-7-21(8-6-20)10-14-19-11-3-1-2-4-12(11)23-14/h1-4,13,22H,5-10H2/t13-/m1/s1. The highest BCUT2D eigenvalue weighted by atomic mass is 32.1. The molecule has 1 aliphatic heterocycles. The highest BCUT2D eigenvalue weighted by molar-refractivity contribution is 7.18. The van der Waals surface area contributed by atoms with E-state index < -0.39 is 12.3 Å². The smallest absolute Gasteiger partial charge is 0.382 e. The number of thiazole rings is 1. The molecule has 0 amide bonds. The number of piperazine rings is 1. The summed E-state index contributed by atoms with van der Waals surface area (Å²) >= 11 is 1.65. The third-order valence-corrected chi connectivity index (χ3v) is 4.99. The minimum absolute atomic E-state index is 0.349. The summed E-state index contributed by atoms with van der Waals surface area (Å²) in [4.78, 5) is 8.43. The minimum atomic E-state index is -4.54. The molecule has 0 aliphatic carbocycles. The zero-order chi connectivity index (χ0) is 16.4. The molecule has 4 nitrogen and oxygen atoms in total. The Labute approximate surface area is 136 Å². The maximum atomic E-state index is 12.4. The van der Waals surface area contributed by atoms with E-state index in [-0.39, 0.29) is 6.54 Å². The van der Waals surface area contributed by atoms with Crippen LogP contribution in [0.25, 0.3) is 10.2 Å². The van der Waals surface area contributed by atoms with Crippen molar-refractivity contribution in [2.24, 2.45) is 0 Å². The van der Waals surface area contributed by atoms with Crippen LogP contribution in [0.5, 0.6) is 0 Å². The molecule has 1 aliphatic rings. The van der Waals surface area contributed by atoms with Crippen LogP contribution in [0.3, 0.4) is 0 Å². The van der Waals surface area contributed by atoms with Crippen LogP contribution in [0.2, 0.25) is 0 Å². The molecule has 0 saturated carbocycles. The van der Waals surface area contributed by atoms with Gasteiger partial charge in [-0.15, -0.1) is 11.3 Å². The number of aromatic nitrogens is 1. The molecule has 0 unspecified atom stereocenters. The van der Waals surface area contributed by atoms with Gasteiger partial charge >= 0.3 is 6.18 Å². The number of alkyl halides is 3. The maximum Gasteiger partial charge on any atom is 0.415 e. The van der Waals surface area contributed by atoms with E-state index in [9.17, 15) is 13.2 Å². The Morgan fingerprint density at radius 3 is 2.43 bits per heavy atom. The average molecular weight is 345 g/mol. The first-order valence-electron chi connectivity index (χ1n) is 7.46. The molecule has 1 saturated heterocycles. The van der Waals surface area contributed by atoms with E-state index in [2.05, 4.69) is 9.88 Å². The Hall–Kier alpha value is -1.22. The zero-order valence-corrected chi connectivity index (χ0v) is 13.3. The van der Waals surface area contributed by atoms with Gasteiger partial charge in [-0.25, -0.2) is 4.98 Å². The molecular weight excluding hydrogens is 327 g/mol. The van der Waals surface area contributed by atoms with Gasteiger partial charge < -0.3 is 5.11 Å². The van der Waals surface area contributed by atoms with Gasteiger partial charge in [-0.1, -0.05) is 12.1 Å². The minimum Gasteiger partial charge on any atom is -0.382 e. The highest BCUT2D eigenvalue weighted by Gasteiger charge is 2.39. The number of para-hydroxylation sites is 1. The molecule has 23 heavy (non-hydrogen) atoms. The van der Waals surface area contributed by atoms with Crippen molar-refractivity contribution in [3.05, 3.63) is 29.3 Å². The molecule has 1 fully saturated rings. The van der Waals surface area contributed by atoms with Gasteiger partial charge in [-0.2, -0.15) is 13.2 Å². The fourth-order valence-corrected chi connectivity index (χ4v) is 3.67. The lowest BCUT2D eigenvalue weighted by Crippen LogP contribution is -2.50. The van der Waals surface area contributed by atoms with Gasteiger partial charge in [-0.3, -0.25) is 9.80 Å². The molecule has 0 radical (unpaired) electrons. The van der Waals surface area contributed by atoms with Crippen molar-refractivity contribution in [3.63, 3.8) is 0 Å². The van der Waals surface area contributed by atoms with Gasteiger partial charge in [0.05, 0.1) is 16.8 Å². The molecule has 126 valence electrons. The predicted molar refractivity (Wildman–Crippen MR) is 83.4 cm³/mol. The molecule has 2 aromatic rings. The van der Waals surface area contributed by atoms with Crippen LogP contribution in [-0.2, 0) is 6.54 Å². The topological polar surface area (TPSA) is 39.6 Å². The van der Waals surface area contributed by atoms with E-state index in [0.717, 1.165) is 21.8 Å². The lowest BCUT2D eigenvalue weighted by atomic mass is 10.2. The third-order valence-electron chi connectivity index (χ3n) is 3.97. The highest BCUT2D eigenvalue weighted by Crippen LogP contribution is 2.24. The summed E-state index contributed by atoms with van der Waals surface area (Å²) in [6.45, 7) is 2.78. The van der Waals surface area contributed by atoms with Gasteiger partial charge in [0, 0.05) is 32.7 Å². The van der Waals surface area contributed by atoms with Gasteiger partial charge in [0.25, 0.3) is 0 Å². The monoisotopic (exact) mass is 345 g/mol. The molecule has 1 N–H and O–H groups in total. The second kappa shape index (κ2) is 6.72. The SMILES string of the molecule is O[C@H](CN1CCN(Cc2nc3ccccc3s2)CC1)C(F)(F)F. The second-order valence-electron chi connectivity index (χ2n) is 5.71. The quantitative estimate of drug-likeness (QED) is 0.923. The van der Waals surface area contributed by atoms with E-state index in [0.29, 0.717) is 26.2 Å². The summed E-state index contributed by atoms with van der Waals surface area (Å²) in [7, 11) is 0. The Kier molecular flexibility index (Phi) is 4.86. The van der Waals surface area contributed by atoms with Crippen molar-refractivity contribution in [1.29, 1.82) is 0 Å². The van der Waals surface area contributed by atoms with Gasteiger partial charge in [0.1, 0.15) is 5.01 Å². The second-order valence-corrected chi connectivity index (χ2v) is 6.82. The first-order chi connectivity index (χ1) is 10.9. The van der Waals surface area contributed by atoms with E-state index >= 15 is 0 Å². The number of halogens is 3. The molecule has 1 aromatic carbocycles. The van der Waals surface area contributed by atoms with Crippen molar-refractivity contribution in [2.75, 3.05) is 32.7 Å². The molecule has 1 atom stereocenters. The Morgan fingerprint density at radius 2 is 1.78 bits per heavy atom. The van der Waals surface area contributed by atoms with Gasteiger partial charge in [-0.05, 0) is 12.1 Å². The molecule has 0 bridgehead atoms. The number of β-amino-alcohol motifs (C(OH)–C–C–N with tert-alkyl or cyclic N) is 1. The van der Waals surface area contributed by atoms with Crippen LogP contribution in [0, 0.1) is 0 Å². The number of aliphatic hydroxyl groups excluding tert-OH is 1. The van der Waals surface area contributed by atoms with Crippen LogP contribution in [-0.4, -0.2) is 64.9 Å². The number of benzene rings is 1. The maximum absolute atomic E-state index is 12.4. The lowest BCUT2D eigenvalue weighted by molar-refractivity contribution is -0.209. The van der Waals surface area contributed by atoms with E-state index in [1.54, 1.807) is 16.2 Å². The van der Waals surface area contributed by atoms with Crippen molar-refractivity contribution < 1.29 is 18.3 Å². The fraction of sp³-hybridized carbons (Fsp3) is 0.533. The lowest BCUT2D eigenvalue weighted by Gasteiger charge is -2.35. The summed E-state index contributed by atoms with van der Waals surface area (Å²) in [5, 5.41) is 10.2. The number of nitrogens with zero attached hydrogens (tertiary/aromatic N) is 3. The number of aliphatic hydroxyl groups is 1. The zero-order valence-electron chi connectivity index (χ0n) is 12.5. The largest absolute Gasteiger partial charge is 0.415 e. The van der Waals surface area contributed by atoms with Crippen LogP contribution in [0.1, 0.15) is 5.01 Å². The fourth-order valence-electron chi connectivity index (χ4n) is 2.66. The van der Waals surface area contributed by atoms with Crippen molar-refractivity contribution >= 4 is 21.6 Å². The number of hydrogen-bond acceptors (Lipinski definition) is 5. The van der Waals surface area contributed by atoms with Crippen LogP contribution >= 0.6 is 11.3 Å². The van der Waals surface area contributed by atoms with Crippen LogP contribution < -0.4 is 0 Å². The first kappa shape index (κ1) is 16.6. The summed E-state index contributed by atoms with van der Waals surface area (Å²) in [6.07, 6.45) is -6.81. The molecule has 2 heterocycles. The van der Waals surface area contributed by atoms with E-state index in [1.807, 2.05) is 24.3 Å². The van der Waals surface area contributed by atoms with Crippen molar-refractivity contribution in [3.8, 4) is 0 Å². The average Bonchev–Trinajstić information content (AvgIpc) is 2.90. The van der Waals surface area contributed by atoms with E-state index in [4.69, 9.17) is 5.11 Å². The number of hydrogen-bond donors (Lipinski definition) is 1. The third kappa shape index (κ3) is 4.20. The van der Waals surface area contributed by atoms with E-state index in [1.165, 1.54) is 0 Å². The van der Waals surface area contributed by atoms with Gasteiger partial charge in [0.15, 0.2) is 6.10 Å². The van der Waals surface area contributed by atoms with Gasteiger partial charge in [0.2, 0.25) is 0 Å². The summed E-state index contributed by atoms with van der Waals surface area (Å²) < 4.78 is 38.3. The van der Waals surface area contributed by atoms with Crippen LogP contribution in [0.4, 0.5) is 13.2 Å². The summed E-state index contributed by atoms with van der Waals surface area (Å²) in [6, 6.07) is 7.95. The summed E-state index contributed by atoms with van der Waals surface area (Å²) in [5.41, 5.74) is 0.986. The van der Waals surface area contributed by atoms with Crippen molar-refractivity contribution in [1.82, 2.24) is 14.8 Å². The normalized spacial score (nSPS) is 19.3. The molecule has 1 aromatic heterocycles. The first-order valence-corrected chi connectivity index (χ1v) is 8.27. The Morgan fingerprint density at radius 1 is 1.13 bits per heavy atom. The summed E-state index contributed by atoms with van der Waals surface area (Å²) in [5.74, 6) is 0. The predicted octanol–water partition coefficient (Wildman–Crippen LogP) is 2.34. The molecule has 8 heteroatoms.